The Hall–Kier alpha value is -2.16. The molecule has 3 heteroatoms. The fourth-order valence-electron chi connectivity index (χ4n) is 1.70. The SMILES string of the molecule is O=C(O)c1cccc(Cc2ccccc2)c1F. The van der Waals surface area contributed by atoms with Gasteiger partial charge in [0.15, 0.2) is 0 Å². The van der Waals surface area contributed by atoms with Gasteiger partial charge in [-0.2, -0.15) is 0 Å². The number of carboxylic acid groups (broad SMARTS) is 1. The minimum Gasteiger partial charge on any atom is -0.478 e. The lowest BCUT2D eigenvalue weighted by atomic mass is 10.0. The van der Waals surface area contributed by atoms with E-state index in [4.69, 9.17) is 5.11 Å². The predicted molar refractivity (Wildman–Crippen MR) is 62.6 cm³/mol. The van der Waals surface area contributed by atoms with Gasteiger partial charge in [0, 0.05) is 6.42 Å². The van der Waals surface area contributed by atoms with Crippen molar-refractivity contribution >= 4 is 5.97 Å². The van der Waals surface area contributed by atoms with Crippen molar-refractivity contribution in [1.29, 1.82) is 0 Å². The Balaban J connectivity index is 2.34. The molecule has 0 saturated heterocycles. The van der Waals surface area contributed by atoms with Crippen LogP contribution in [-0.2, 0) is 6.42 Å². The second-order valence-electron chi connectivity index (χ2n) is 3.75. The highest BCUT2D eigenvalue weighted by atomic mass is 19.1. The molecule has 0 aromatic heterocycles. The fraction of sp³-hybridized carbons (Fsp3) is 0.0714. The predicted octanol–water partition coefficient (Wildman–Crippen LogP) is 3.11. The van der Waals surface area contributed by atoms with Crippen molar-refractivity contribution in [3.63, 3.8) is 0 Å². The molecule has 0 heterocycles. The van der Waals surface area contributed by atoms with E-state index < -0.39 is 11.8 Å². The first-order valence-electron chi connectivity index (χ1n) is 5.23. The van der Waals surface area contributed by atoms with Crippen molar-refractivity contribution in [3.8, 4) is 0 Å². The summed E-state index contributed by atoms with van der Waals surface area (Å²) < 4.78 is 13.8. The molecule has 0 radical (unpaired) electrons. The number of benzene rings is 2. The highest BCUT2D eigenvalue weighted by Crippen LogP contribution is 2.16. The van der Waals surface area contributed by atoms with E-state index >= 15 is 0 Å². The van der Waals surface area contributed by atoms with Crippen molar-refractivity contribution in [1.82, 2.24) is 0 Å². The van der Waals surface area contributed by atoms with Gasteiger partial charge < -0.3 is 5.11 Å². The van der Waals surface area contributed by atoms with Crippen LogP contribution in [0.5, 0.6) is 0 Å². The van der Waals surface area contributed by atoms with Gasteiger partial charge in [-0.25, -0.2) is 9.18 Å². The molecule has 2 aromatic rings. The first kappa shape index (κ1) is 11.3. The van der Waals surface area contributed by atoms with Gasteiger partial charge in [-0.3, -0.25) is 0 Å². The summed E-state index contributed by atoms with van der Waals surface area (Å²) in [5.41, 5.74) is 1.07. The van der Waals surface area contributed by atoms with Crippen LogP contribution >= 0.6 is 0 Å². The molecule has 0 saturated carbocycles. The van der Waals surface area contributed by atoms with Crippen LogP contribution in [0, 0.1) is 5.82 Å². The Labute approximate surface area is 98.3 Å². The second kappa shape index (κ2) is 4.78. The molecule has 0 bridgehead atoms. The summed E-state index contributed by atoms with van der Waals surface area (Å²) in [5, 5.41) is 8.82. The molecule has 86 valence electrons. The average molecular weight is 230 g/mol. The van der Waals surface area contributed by atoms with Crippen LogP contribution < -0.4 is 0 Å². The number of hydrogen-bond donors (Lipinski definition) is 1. The normalized spacial score (nSPS) is 10.2. The van der Waals surface area contributed by atoms with E-state index in [1.54, 1.807) is 12.1 Å². The molecule has 0 aliphatic carbocycles. The maximum Gasteiger partial charge on any atom is 0.338 e. The zero-order chi connectivity index (χ0) is 12.3. The molecular formula is C14H11FO2. The van der Waals surface area contributed by atoms with E-state index in [-0.39, 0.29) is 5.56 Å². The van der Waals surface area contributed by atoms with E-state index in [1.807, 2.05) is 30.3 Å². The Kier molecular flexibility index (Phi) is 3.19. The summed E-state index contributed by atoms with van der Waals surface area (Å²) in [5.74, 6) is -1.89. The Morgan fingerprint density at radius 2 is 1.76 bits per heavy atom. The van der Waals surface area contributed by atoms with Crippen LogP contribution in [0.1, 0.15) is 21.5 Å². The second-order valence-corrected chi connectivity index (χ2v) is 3.75. The van der Waals surface area contributed by atoms with E-state index in [0.717, 1.165) is 5.56 Å². The Bertz CT molecular complexity index is 535. The summed E-state index contributed by atoms with van der Waals surface area (Å²) >= 11 is 0. The molecule has 2 aromatic carbocycles. The van der Waals surface area contributed by atoms with E-state index in [1.165, 1.54) is 6.07 Å². The summed E-state index contributed by atoms with van der Waals surface area (Å²) in [6, 6.07) is 13.8. The third-order valence-electron chi connectivity index (χ3n) is 2.55. The highest BCUT2D eigenvalue weighted by Gasteiger charge is 2.13. The number of hydrogen-bond acceptors (Lipinski definition) is 1. The molecule has 0 unspecified atom stereocenters. The van der Waals surface area contributed by atoms with E-state index in [2.05, 4.69) is 0 Å². The van der Waals surface area contributed by atoms with Crippen molar-refractivity contribution in [2.24, 2.45) is 0 Å². The van der Waals surface area contributed by atoms with Gasteiger partial charge in [0.2, 0.25) is 0 Å². The molecule has 0 amide bonds. The highest BCUT2D eigenvalue weighted by molar-refractivity contribution is 5.88. The van der Waals surface area contributed by atoms with Gasteiger partial charge >= 0.3 is 5.97 Å². The summed E-state index contributed by atoms with van der Waals surface area (Å²) in [6.45, 7) is 0. The summed E-state index contributed by atoms with van der Waals surface area (Å²) in [7, 11) is 0. The minimum absolute atomic E-state index is 0.279. The maximum absolute atomic E-state index is 13.8. The first-order valence-corrected chi connectivity index (χ1v) is 5.23. The number of rotatable bonds is 3. The molecule has 2 nitrogen and oxygen atoms in total. The van der Waals surface area contributed by atoms with Gasteiger partial charge in [0.1, 0.15) is 5.82 Å². The van der Waals surface area contributed by atoms with E-state index in [9.17, 15) is 9.18 Å². The van der Waals surface area contributed by atoms with Crippen molar-refractivity contribution in [2.75, 3.05) is 0 Å². The maximum atomic E-state index is 13.8. The van der Waals surface area contributed by atoms with Crippen LogP contribution in [0.2, 0.25) is 0 Å². The number of halogens is 1. The topological polar surface area (TPSA) is 37.3 Å². The zero-order valence-corrected chi connectivity index (χ0v) is 9.06. The van der Waals surface area contributed by atoms with Crippen molar-refractivity contribution in [2.45, 2.75) is 6.42 Å². The van der Waals surface area contributed by atoms with Gasteiger partial charge in [0.05, 0.1) is 5.56 Å². The summed E-state index contributed by atoms with van der Waals surface area (Å²) in [4.78, 5) is 10.8. The van der Waals surface area contributed by atoms with Crippen molar-refractivity contribution < 1.29 is 14.3 Å². The lowest BCUT2D eigenvalue weighted by Gasteiger charge is -2.05. The third kappa shape index (κ3) is 2.50. The monoisotopic (exact) mass is 230 g/mol. The van der Waals surface area contributed by atoms with Crippen LogP contribution in [0.4, 0.5) is 4.39 Å². The molecule has 2 rings (SSSR count). The zero-order valence-electron chi connectivity index (χ0n) is 9.06. The molecule has 0 aliphatic heterocycles. The van der Waals surface area contributed by atoms with Crippen LogP contribution in [-0.4, -0.2) is 11.1 Å². The van der Waals surface area contributed by atoms with Crippen molar-refractivity contribution in [3.05, 3.63) is 71.0 Å². The van der Waals surface area contributed by atoms with E-state index in [0.29, 0.717) is 12.0 Å². The standard InChI is InChI=1S/C14H11FO2/c15-13-11(7-4-8-12(13)14(16)17)9-10-5-2-1-3-6-10/h1-8H,9H2,(H,16,17). The van der Waals surface area contributed by atoms with Crippen LogP contribution in [0.15, 0.2) is 48.5 Å². The molecular weight excluding hydrogens is 219 g/mol. The number of carbonyl (C=O) groups is 1. The fourth-order valence-corrected chi connectivity index (χ4v) is 1.70. The Morgan fingerprint density at radius 1 is 1.06 bits per heavy atom. The van der Waals surface area contributed by atoms with Crippen LogP contribution in [0.25, 0.3) is 0 Å². The van der Waals surface area contributed by atoms with Gasteiger partial charge in [-0.1, -0.05) is 42.5 Å². The lowest BCUT2D eigenvalue weighted by Crippen LogP contribution is -2.04. The molecule has 17 heavy (non-hydrogen) atoms. The Morgan fingerprint density at radius 3 is 2.41 bits per heavy atom. The van der Waals surface area contributed by atoms with Gasteiger partial charge in [-0.05, 0) is 17.2 Å². The molecule has 0 aliphatic rings. The number of aromatic carboxylic acids is 1. The van der Waals surface area contributed by atoms with Crippen LogP contribution in [0.3, 0.4) is 0 Å². The quantitative estimate of drug-likeness (QED) is 0.879. The van der Waals surface area contributed by atoms with Gasteiger partial charge in [-0.15, -0.1) is 0 Å². The largest absolute Gasteiger partial charge is 0.478 e. The molecule has 1 N–H and O–H groups in total. The minimum atomic E-state index is -1.24. The molecule has 0 fully saturated rings. The number of carboxylic acids is 1. The van der Waals surface area contributed by atoms with Gasteiger partial charge in [0.25, 0.3) is 0 Å². The summed E-state index contributed by atoms with van der Waals surface area (Å²) in [6.07, 6.45) is 0.397. The lowest BCUT2D eigenvalue weighted by molar-refractivity contribution is 0.0691. The third-order valence-corrected chi connectivity index (χ3v) is 2.55. The first-order chi connectivity index (χ1) is 8.18. The average Bonchev–Trinajstić information content (AvgIpc) is 2.33. The smallest absolute Gasteiger partial charge is 0.338 e. The molecule has 0 spiro atoms. The molecule has 0 atom stereocenters.